The van der Waals surface area contributed by atoms with Crippen LogP contribution in [0.2, 0.25) is 0 Å². The van der Waals surface area contributed by atoms with Crippen LogP contribution in [0.25, 0.3) is 6.08 Å². The average Bonchev–Trinajstić information content (AvgIpc) is 3.40. The number of nitrogens with zero attached hydrogens (tertiary/aromatic N) is 2. The van der Waals surface area contributed by atoms with Crippen LogP contribution >= 0.6 is 0 Å². The highest BCUT2D eigenvalue weighted by Crippen LogP contribution is 2.22. The lowest BCUT2D eigenvalue weighted by atomic mass is 10.1. The van der Waals surface area contributed by atoms with E-state index in [1.165, 1.54) is 76.3 Å². The maximum atomic E-state index is 11.0. The van der Waals surface area contributed by atoms with Gasteiger partial charge in [0.1, 0.15) is 0 Å². The van der Waals surface area contributed by atoms with Crippen molar-refractivity contribution < 1.29 is 10.0 Å². The molecule has 2 aliphatic rings. The molecule has 5 heteroatoms. The van der Waals surface area contributed by atoms with Gasteiger partial charge in [0.2, 0.25) is 0 Å². The van der Waals surface area contributed by atoms with Gasteiger partial charge in [-0.2, -0.15) is 0 Å². The largest absolute Gasteiger partial charge is 0.302 e. The maximum Gasteiger partial charge on any atom is 0.267 e. The first-order valence-electron chi connectivity index (χ1n) is 10.8. The number of amides is 1. The number of carbonyl (C=O) groups excluding carboxylic acids is 1. The number of hydrogen-bond acceptors (Lipinski definition) is 4. The van der Waals surface area contributed by atoms with Gasteiger partial charge in [-0.15, -0.1) is 0 Å². The van der Waals surface area contributed by atoms with Gasteiger partial charge in [0, 0.05) is 25.2 Å². The van der Waals surface area contributed by atoms with Crippen LogP contribution in [-0.4, -0.2) is 53.1 Å². The molecular weight excluding hydrogens is 350 g/mol. The van der Waals surface area contributed by atoms with E-state index in [-0.39, 0.29) is 0 Å². The van der Waals surface area contributed by atoms with Crippen LogP contribution in [0.5, 0.6) is 0 Å². The van der Waals surface area contributed by atoms with Crippen molar-refractivity contribution in [3.63, 3.8) is 0 Å². The summed E-state index contributed by atoms with van der Waals surface area (Å²) >= 11 is 0. The fourth-order valence-corrected chi connectivity index (χ4v) is 3.75. The van der Waals surface area contributed by atoms with Crippen LogP contribution in [0.4, 0.5) is 0 Å². The van der Waals surface area contributed by atoms with Crippen molar-refractivity contribution >= 4 is 12.0 Å². The molecule has 0 bridgehead atoms. The lowest BCUT2D eigenvalue weighted by molar-refractivity contribution is -0.124. The predicted octanol–water partition coefficient (Wildman–Crippen LogP) is 4.07. The van der Waals surface area contributed by atoms with E-state index in [0.717, 1.165) is 12.1 Å². The summed E-state index contributed by atoms with van der Waals surface area (Å²) < 4.78 is 0. The summed E-state index contributed by atoms with van der Waals surface area (Å²) in [5.41, 5.74) is 3.86. The fraction of sp³-hybridized carbons (Fsp3) is 0.609. The Bertz CT molecular complexity index is 592. The van der Waals surface area contributed by atoms with Crippen molar-refractivity contribution in [1.82, 2.24) is 15.3 Å². The quantitative estimate of drug-likeness (QED) is 0.421. The molecular formula is C23H37N3O2. The standard InChI is InChI=1S/C19H27N3O2.C4H10/c23-19(20-24)10-9-16-5-7-17(8-6-16)14-22-13-3-4-18(22)15-21-11-1-2-12-21;1-3-4-2/h5-10,18,24H,1-4,11-15H2,(H,20,23);3-4H2,1-2H3/b10-9+;. The molecule has 1 atom stereocenters. The van der Waals surface area contributed by atoms with Crippen molar-refractivity contribution in [2.45, 2.75) is 65.0 Å². The minimum atomic E-state index is -0.513. The molecule has 1 unspecified atom stereocenters. The van der Waals surface area contributed by atoms with Gasteiger partial charge < -0.3 is 4.90 Å². The summed E-state index contributed by atoms with van der Waals surface area (Å²) in [4.78, 5) is 16.2. The van der Waals surface area contributed by atoms with E-state index < -0.39 is 5.91 Å². The summed E-state index contributed by atoms with van der Waals surface area (Å²) in [5.74, 6) is -0.513. The molecule has 2 fully saturated rings. The van der Waals surface area contributed by atoms with Gasteiger partial charge in [-0.3, -0.25) is 14.9 Å². The van der Waals surface area contributed by atoms with Crippen LogP contribution in [0.3, 0.4) is 0 Å². The molecule has 2 aliphatic heterocycles. The normalized spacial score (nSPS) is 20.3. The number of rotatable bonds is 7. The molecule has 1 amide bonds. The van der Waals surface area contributed by atoms with Gasteiger partial charge in [0.25, 0.3) is 5.91 Å². The zero-order valence-electron chi connectivity index (χ0n) is 17.6. The van der Waals surface area contributed by atoms with Gasteiger partial charge in [-0.25, -0.2) is 5.48 Å². The third kappa shape index (κ3) is 7.74. The molecule has 3 rings (SSSR count). The Morgan fingerprint density at radius 1 is 1.11 bits per heavy atom. The minimum Gasteiger partial charge on any atom is -0.302 e. The number of likely N-dealkylation sites (tertiary alicyclic amines) is 2. The minimum absolute atomic E-state index is 0.513. The molecule has 0 radical (unpaired) electrons. The lowest BCUT2D eigenvalue weighted by Crippen LogP contribution is -2.38. The van der Waals surface area contributed by atoms with Crippen LogP contribution in [0.1, 0.15) is 63.5 Å². The topological polar surface area (TPSA) is 55.8 Å². The number of nitrogens with one attached hydrogen (secondary N) is 1. The molecule has 1 aromatic carbocycles. The summed E-state index contributed by atoms with van der Waals surface area (Å²) in [5, 5.41) is 8.48. The Hall–Kier alpha value is -1.69. The summed E-state index contributed by atoms with van der Waals surface area (Å²) in [6.45, 7) is 10.3. The SMILES string of the molecule is CCCC.O=C(/C=C/c1ccc(CN2CCCC2CN2CCCC2)cc1)NO. The number of unbranched alkanes of at least 4 members (excludes halogenated alkanes) is 1. The van der Waals surface area contributed by atoms with Crippen molar-refractivity contribution in [1.29, 1.82) is 0 Å². The van der Waals surface area contributed by atoms with E-state index >= 15 is 0 Å². The van der Waals surface area contributed by atoms with Gasteiger partial charge in [0.15, 0.2) is 0 Å². The van der Waals surface area contributed by atoms with Crippen LogP contribution in [0, 0.1) is 0 Å². The van der Waals surface area contributed by atoms with Gasteiger partial charge in [-0.1, -0.05) is 51.0 Å². The number of hydrogen-bond donors (Lipinski definition) is 2. The Labute approximate surface area is 170 Å². The zero-order chi connectivity index (χ0) is 20.2. The van der Waals surface area contributed by atoms with E-state index in [0.29, 0.717) is 6.04 Å². The van der Waals surface area contributed by atoms with Gasteiger partial charge in [0.05, 0.1) is 0 Å². The van der Waals surface area contributed by atoms with Crippen molar-refractivity contribution in [2.75, 3.05) is 26.2 Å². The smallest absolute Gasteiger partial charge is 0.267 e. The van der Waals surface area contributed by atoms with Crippen molar-refractivity contribution in [3.05, 3.63) is 41.5 Å². The molecule has 1 aromatic rings. The Morgan fingerprint density at radius 2 is 1.79 bits per heavy atom. The molecule has 0 saturated carbocycles. The second-order valence-electron chi connectivity index (χ2n) is 7.83. The molecule has 0 aliphatic carbocycles. The molecule has 2 heterocycles. The van der Waals surface area contributed by atoms with Gasteiger partial charge in [-0.05, 0) is 62.5 Å². The Morgan fingerprint density at radius 3 is 2.39 bits per heavy atom. The van der Waals surface area contributed by atoms with Crippen molar-refractivity contribution in [3.8, 4) is 0 Å². The van der Waals surface area contributed by atoms with E-state index in [2.05, 4.69) is 35.8 Å². The fourth-order valence-electron chi connectivity index (χ4n) is 3.75. The first kappa shape index (κ1) is 22.6. The highest BCUT2D eigenvalue weighted by Gasteiger charge is 2.27. The van der Waals surface area contributed by atoms with Crippen LogP contribution < -0.4 is 5.48 Å². The maximum absolute atomic E-state index is 11.0. The number of carbonyl (C=O) groups is 1. The lowest BCUT2D eigenvalue weighted by Gasteiger charge is -2.28. The second-order valence-corrected chi connectivity index (χ2v) is 7.83. The van der Waals surface area contributed by atoms with E-state index in [1.54, 1.807) is 11.6 Å². The number of benzene rings is 1. The highest BCUT2D eigenvalue weighted by molar-refractivity contribution is 5.90. The molecule has 0 spiro atoms. The highest BCUT2D eigenvalue weighted by atomic mass is 16.5. The molecule has 5 nitrogen and oxygen atoms in total. The zero-order valence-corrected chi connectivity index (χ0v) is 17.6. The number of hydroxylamine groups is 1. The molecule has 28 heavy (non-hydrogen) atoms. The van der Waals surface area contributed by atoms with Crippen molar-refractivity contribution in [2.24, 2.45) is 0 Å². The van der Waals surface area contributed by atoms with Crippen LogP contribution in [-0.2, 0) is 11.3 Å². The van der Waals surface area contributed by atoms with E-state index in [9.17, 15) is 4.79 Å². The third-order valence-electron chi connectivity index (χ3n) is 5.57. The summed E-state index contributed by atoms with van der Waals surface area (Å²) in [6.07, 6.45) is 11.0. The second kappa shape index (κ2) is 12.7. The first-order valence-corrected chi connectivity index (χ1v) is 10.8. The molecule has 2 saturated heterocycles. The van der Waals surface area contributed by atoms with Gasteiger partial charge >= 0.3 is 0 Å². The molecule has 156 valence electrons. The van der Waals surface area contributed by atoms with E-state index in [4.69, 9.17) is 5.21 Å². The average molecular weight is 388 g/mol. The first-order chi connectivity index (χ1) is 13.7. The molecule has 2 N–H and O–H groups in total. The van der Waals surface area contributed by atoms with E-state index in [1.807, 2.05) is 12.1 Å². The predicted molar refractivity (Wildman–Crippen MR) is 115 cm³/mol. The third-order valence-corrected chi connectivity index (χ3v) is 5.57. The Balaban J connectivity index is 0.000000640. The summed E-state index contributed by atoms with van der Waals surface area (Å²) in [6, 6.07) is 8.98. The summed E-state index contributed by atoms with van der Waals surface area (Å²) in [7, 11) is 0. The Kier molecular flexibility index (Phi) is 10.3. The molecule has 0 aromatic heterocycles. The van der Waals surface area contributed by atoms with Crippen LogP contribution in [0.15, 0.2) is 30.3 Å². The monoisotopic (exact) mass is 387 g/mol.